The molecule has 2 aromatic heterocycles. The highest BCUT2D eigenvalue weighted by Gasteiger charge is 2.07. The highest BCUT2D eigenvalue weighted by molar-refractivity contribution is 7.98. The minimum Gasteiger partial charge on any atom is -0.315 e. The molecule has 0 saturated carbocycles. The van der Waals surface area contributed by atoms with E-state index >= 15 is 0 Å². The molecule has 68 valence electrons. The first-order chi connectivity index (χ1) is 6.36. The van der Waals surface area contributed by atoms with E-state index in [0.29, 0.717) is 0 Å². The lowest BCUT2D eigenvalue weighted by atomic mass is 10.5. The van der Waals surface area contributed by atoms with Crippen molar-refractivity contribution in [3.8, 4) is 0 Å². The molecule has 0 radical (unpaired) electrons. The van der Waals surface area contributed by atoms with Crippen LogP contribution in [0.25, 0.3) is 11.2 Å². The molecule has 0 saturated heterocycles. The van der Waals surface area contributed by atoms with Crippen molar-refractivity contribution < 1.29 is 0 Å². The average Bonchev–Trinajstić information content (AvgIpc) is 2.60. The fourth-order valence-corrected chi connectivity index (χ4v) is 1.73. The van der Waals surface area contributed by atoms with E-state index in [0.717, 1.165) is 22.7 Å². The first-order valence-electron chi connectivity index (χ1n) is 4.06. The molecule has 5 heteroatoms. The van der Waals surface area contributed by atoms with Gasteiger partial charge >= 0.3 is 0 Å². The molecule has 13 heavy (non-hydrogen) atoms. The SMILES string of the molecule is CCn1cnc2c(SC)ncnc21. The molecule has 0 aliphatic heterocycles. The Balaban J connectivity index is 2.72. The number of hydrogen-bond donors (Lipinski definition) is 0. The zero-order chi connectivity index (χ0) is 9.26. The van der Waals surface area contributed by atoms with E-state index in [1.54, 1.807) is 24.4 Å². The van der Waals surface area contributed by atoms with Crippen LogP contribution in [-0.2, 0) is 6.54 Å². The molecule has 0 aromatic carbocycles. The lowest BCUT2D eigenvalue weighted by Gasteiger charge is -1.98. The number of rotatable bonds is 2. The summed E-state index contributed by atoms with van der Waals surface area (Å²) in [4.78, 5) is 12.6. The van der Waals surface area contributed by atoms with E-state index in [1.807, 2.05) is 10.8 Å². The van der Waals surface area contributed by atoms with Gasteiger partial charge in [-0.05, 0) is 13.2 Å². The molecular formula is C8H10N4S. The number of imidazole rings is 1. The van der Waals surface area contributed by atoms with Crippen LogP contribution in [0.5, 0.6) is 0 Å². The molecule has 0 atom stereocenters. The maximum Gasteiger partial charge on any atom is 0.164 e. The summed E-state index contributed by atoms with van der Waals surface area (Å²) in [6.07, 6.45) is 5.38. The van der Waals surface area contributed by atoms with Crippen LogP contribution in [-0.4, -0.2) is 25.8 Å². The van der Waals surface area contributed by atoms with Crippen molar-refractivity contribution in [1.82, 2.24) is 19.5 Å². The Bertz CT molecular complexity index is 423. The Hall–Kier alpha value is -1.10. The van der Waals surface area contributed by atoms with Gasteiger partial charge in [-0.2, -0.15) is 0 Å². The summed E-state index contributed by atoms with van der Waals surface area (Å²) in [6, 6.07) is 0. The van der Waals surface area contributed by atoms with E-state index in [-0.39, 0.29) is 0 Å². The predicted octanol–water partition coefficient (Wildman–Crippen LogP) is 1.57. The highest BCUT2D eigenvalue weighted by Crippen LogP contribution is 2.20. The van der Waals surface area contributed by atoms with Gasteiger partial charge in [0.15, 0.2) is 5.65 Å². The standard InChI is InChI=1S/C8H10N4S/c1-3-12-5-11-6-7(12)9-4-10-8(6)13-2/h4-5H,3H2,1-2H3. The van der Waals surface area contributed by atoms with Gasteiger partial charge in [0.25, 0.3) is 0 Å². The molecule has 0 aliphatic carbocycles. The van der Waals surface area contributed by atoms with Gasteiger partial charge in [0.05, 0.1) is 6.33 Å². The fourth-order valence-electron chi connectivity index (χ4n) is 1.24. The molecule has 4 nitrogen and oxygen atoms in total. The molecule has 2 rings (SSSR count). The summed E-state index contributed by atoms with van der Waals surface area (Å²) in [5.74, 6) is 0. The number of fused-ring (bicyclic) bond motifs is 1. The number of aryl methyl sites for hydroxylation is 1. The Morgan fingerprint density at radius 1 is 1.38 bits per heavy atom. The molecule has 0 unspecified atom stereocenters. The number of hydrogen-bond acceptors (Lipinski definition) is 4. The Morgan fingerprint density at radius 3 is 2.92 bits per heavy atom. The Labute approximate surface area is 80.4 Å². The number of nitrogens with zero attached hydrogens (tertiary/aromatic N) is 4. The van der Waals surface area contributed by atoms with Gasteiger partial charge in [-0.15, -0.1) is 11.8 Å². The third-order valence-electron chi connectivity index (χ3n) is 1.90. The smallest absolute Gasteiger partial charge is 0.164 e. The zero-order valence-electron chi connectivity index (χ0n) is 7.56. The predicted molar refractivity (Wildman–Crippen MR) is 52.8 cm³/mol. The van der Waals surface area contributed by atoms with Gasteiger partial charge in [-0.25, -0.2) is 15.0 Å². The summed E-state index contributed by atoms with van der Waals surface area (Å²) in [5.41, 5.74) is 1.82. The molecular weight excluding hydrogens is 184 g/mol. The number of thioether (sulfide) groups is 1. The highest BCUT2D eigenvalue weighted by atomic mass is 32.2. The summed E-state index contributed by atoms with van der Waals surface area (Å²) in [6.45, 7) is 2.96. The second kappa shape index (κ2) is 3.33. The van der Waals surface area contributed by atoms with Crippen LogP contribution in [0.3, 0.4) is 0 Å². The van der Waals surface area contributed by atoms with Crippen molar-refractivity contribution in [2.45, 2.75) is 18.5 Å². The molecule has 2 aromatic rings. The molecule has 0 fully saturated rings. The maximum absolute atomic E-state index is 4.28. The van der Waals surface area contributed by atoms with Crippen LogP contribution in [0.2, 0.25) is 0 Å². The molecule has 0 spiro atoms. The first kappa shape index (κ1) is 8.50. The van der Waals surface area contributed by atoms with Gasteiger partial charge in [-0.3, -0.25) is 0 Å². The summed E-state index contributed by atoms with van der Waals surface area (Å²) in [7, 11) is 0. The third kappa shape index (κ3) is 1.29. The van der Waals surface area contributed by atoms with Crippen LogP contribution in [0.4, 0.5) is 0 Å². The van der Waals surface area contributed by atoms with Gasteiger partial charge in [0.2, 0.25) is 0 Å². The van der Waals surface area contributed by atoms with Gasteiger partial charge in [0, 0.05) is 6.54 Å². The van der Waals surface area contributed by atoms with Crippen molar-refractivity contribution in [2.24, 2.45) is 0 Å². The van der Waals surface area contributed by atoms with E-state index in [1.165, 1.54) is 0 Å². The van der Waals surface area contributed by atoms with Gasteiger partial charge in [-0.1, -0.05) is 0 Å². The van der Waals surface area contributed by atoms with E-state index in [9.17, 15) is 0 Å². The summed E-state index contributed by atoms with van der Waals surface area (Å²) < 4.78 is 2.01. The van der Waals surface area contributed by atoms with Crippen LogP contribution in [0.1, 0.15) is 6.92 Å². The van der Waals surface area contributed by atoms with Gasteiger partial charge < -0.3 is 4.57 Å². The van der Waals surface area contributed by atoms with Crippen molar-refractivity contribution in [3.63, 3.8) is 0 Å². The fraction of sp³-hybridized carbons (Fsp3) is 0.375. The molecule has 0 amide bonds. The van der Waals surface area contributed by atoms with E-state index in [4.69, 9.17) is 0 Å². The van der Waals surface area contributed by atoms with E-state index < -0.39 is 0 Å². The van der Waals surface area contributed by atoms with E-state index in [2.05, 4.69) is 21.9 Å². The first-order valence-corrected chi connectivity index (χ1v) is 5.29. The maximum atomic E-state index is 4.28. The lowest BCUT2D eigenvalue weighted by molar-refractivity contribution is 0.776. The van der Waals surface area contributed by atoms with Crippen molar-refractivity contribution in [1.29, 1.82) is 0 Å². The third-order valence-corrected chi connectivity index (χ3v) is 2.59. The van der Waals surface area contributed by atoms with Crippen molar-refractivity contribution >= 4 is 22.9 Å². The number of aromatic nitrogens is 4. The van der Waals surface area contributed by atoms with Crippen molar-refractivity contribution in [3.05, 3.63) is 12.7 Å². The van der Waals surface area contributed by atoms with Gasteiger partial charge in [0.1, 0.15) is 16.9 Å². The molecule has 0 N–H and O–H groups in total. The topological polar surface area (TPSA) is 43.6 Å². The largest absolute Gasteiger partial charge is 0.315 e. The minimum atomic E-state index is 0.890. The zero-order valence-corrected chi connectivity index (χ0v) is 8.38. The quantitative estimate of drug-likeness (QED) is 0.537. The van der Waals surface area contributed by atoms with Crippen molar-refractivity contribution in [2.75, 3.05) is 6.26 Å². The average molecular weight is 194 g/mol. The van der Waals surface area contributed by atoms with Crippen LogP contribution >= 0.6 is 11.8 Å². The van der Waals surface area contributed by atoms with Crippen LogP contribution < -0.4 is 0 Å². The second-order valence-electron chi connectivity index (χ2n) is 2.59. The Morgan fingerprint density at radius 2 is 2.23 bits per heavy atom. The monoisotopic (exact) mass is 194 g/mol. The molecule has 2 heterocycles. The lowest BCUT2D eigenvalue weighted by Crippen LogP contribution is -1.94. The molecule has 0 bridgehead atoms. The summed E-state index contributed by atoms with van der Waals surface area (Å²) in [5, 5.41) is 0.942. The Kier molecular flexibility index (Phi) is 2.18. The normalized spacial score (nSPS) is 10.9. The van der Waals surface area contributed by atoms with Crippen LogP contribution in [0.15, 0.2) is 17.7 Å². The second-order valence-corrected chi connectivity index (χ2v) is 3.38. The minimum absolute atomic E-state index is 0.890. The van der Waals surface area contributed by atoms with Crippen LogP contribution in [0, 0.1) is 0 Å². The summed E-state index contributed by atoms with van der Waals surface area (Å²) >= 11 is 1.60. The molecule has 0 aliphatic rings.